The Kier molecular flexibility index (Phi) is 5.67. The molecule has 0 radical (unpaired) electrons. The molecule has 0 amide bonds. The monoisotopic (exact) mass is 222 g/mol. The van der Waals surface area contributed by atoms with Crippen molar-refractivity contribution < 1.29 is 13.5 Å². The normalized spacial score (nSPS) is 15.1. The van der Waals surface area contributed by atoms with Crippen LogP contribution in [-0.4, -0.2) is 31.1 Å². The van der Waals surface area contributed by atoms with Crippen LogP contribution >= 0.6 is 0 Å². The second kappa shape index (κ2) is 5.71. The van der Waals surface area contributed by atoms with Gasteiger partial charge in [-0.25, -0.2) is 8.42 Å². The second-order valence-corrected chi connectivity index (χ2v) is 7.07. The molecule has 14 heavy (non-hydrogen) atoms. The van der Waals surface area contributed by atoms with Gasteiger partial charge in [0.1, 0.15) is 0 Å². The quantitative estimate of drug-likeness (QED) is 0.740. The van der Waals surface area contributed by atoms with Gasteiger partial charge < -0.3 is 5.11 Å². The fraction of sp³-hybridized carbons (Fsp3) is 1.00. The van der Waals surface area contributed by atoms with Gasteiger partial charge in [0.05, 0.1) is 11.0 Å². The maximum atomic E-state index is 11.5. The fourth-order valence-corrected chi connectivity index (χ4v) is 2.29. The molecule has 0 saturated carbocycles. The molecule has 1 atom stereocenters. The van der Waals surface area contributed by atoms with Crippen LogP contribution in [0.25, 0.3) is 0 Å². The SMILES string of the molecule is CC(C)C(CO)CCS(=O)(=O)C(C)C. The van der Waals surface area contributed by atoms with E-state index in [0.29, 0.717) is 12.3 Å². The Bertz CT molecular complexity index is 242. The van der Waals surface area contributed by atoms with E-state index in [2.05, 4.69) is 0 Å². The third-order valence-electron chi connectivity index (χ3n) is 2.67. The van der Waals surface area contributed by atoms with Crippen LogP contribution in [0.1, 0.15) is 34.1 Å². The third-order valence-corrected chi connectivity index (χ3v) is 4.91. The Morgan fingerprint density at radius 2 is 1.64 bits per heavy atom. The van der Waals surface area contributed by atoms with E-state index in [1.54, 1.807) is 13.8 Å². The number of aliphatic hydroxyl groups excluding tert-OH is 1. The Morgan fingerprint density at radius 1 is 1.14 bits per heavy atom. The average molecular weight is 222 g/mol. The molecule has 1 unspecified atom stereocenters. The lowest BCUT2D eigenvalue weighted by molar-refractivity contribution is 0.186. The maximum absolute atomic E-state index is 11.5. The highest BCUT2D eigenvalue weighted by Gasteiger charge is 2.20. The van der Waals surface area contributed by atoms with Gasteiger partial charge in [0.25, 0.3) is 0 Å². The predicted molar refractivity (Wildman–Crippen MR) is 59.0 cm³/mol. The first-order chi connectivity index (χ1) is 6.31. The van der Waals surface area contributed by atoms with Crippen molar-refractivity contribution in [1.29, 1.82) is 0 Å². The van der Waals surface area contributed by atoms with Crippen LogP contribution < -0.4 is 0 Å². The molecule has 0 saturated heterocycles. The Balaban J connectivity index is 4.17. The second-order valence-electron chi connectivity index (χ2n) is 4.39. The molecule has 0 aliphatic carbocycles. The van der Waals surface area contributed by atoms with Gasteiger partial charge in [0.15, 0.2) is 9.84 Å². The van der Waals surface area contributed by atoms with Gasteiger partial charge in [-0.3, -0.25) is 0 Å². The Morgan fingerprint density at radius 3 is 1.93 bits per heavy atom. The summed E-state index contributed by atoms with van der Waals surface area (Å²) in [5.74, 6) is 0.625. The molecule has 4 heteroatoms. The molecule has 0 aromatic carbocycles. The topological polar surface area (TPSA) is 54.4 Å². The molecule has 1 N–H and O–H groups in total. The number of rotatable bonds is 6. The maximum Gasteiger partial charge on any atom is 0.152 e. The largest absolute Gasteiger partial charge is 0.396 e. The van der Waals surface area contributed by atoms with Gasteiger partial charge >= 0.3 is 0 Å². The van der Waals surface area contributed by atoms with Gasteiger partial charge in [-0.15, -0.1) is 0 Å². The summed E-state index contributed by atoms with van der Waals surface area (Å²) >= 11 is 0. The summed E-state index contributed by atoms with van der Waals surface area (Å²) in [7, 11) is -2.95. The zero-order valence-corrected chi connectivity index (χ0v) is 10.3. The standard InChI is InChI=1S/C10H22O3S/c1-8(2)10(7-11)5-6-14(12,13)9(3)4/h8-11H,5-7H2,1-4H3. The Labute approximate surface area is 87.4 Å². The van der Waals surface area contributed by atoms with Crippen LogP contribution in [0.15, 0.2) is 0 Å². The summed E-state index contributed by atoms with van der Waals surface area (Å²) in [6.07, 6.45) is 0.564. The van der Waals surface area contributed by atoms with Crippen LogP contribution in [0.5, 0.6) is 0 Å². The van der Waals surface area contributed by atoms with Crippen molar-refractivity contribution in [2.45, 2.75) is 39.4 Å². The third kappa shape index (κ3) is 4.42. The molecule has 0 bridgehead atoms. The van der Waals surface area contributed by atoms with Crippen LogP contribution in [0, 0.1) is 11.8 Å². The van der Waals surface area contributed by atoms with Crippen LogP contribution in [0.2, 0.25) is 0 Å². The molecular weight excluding hydrogens is 200 g/mol. The van der Waals surface area contributed by atoms with Crippen LogP contribution in [0.3, 0.4) is 0 Å². The summed E-state index contributed by atoms with van der Waals surface area (Å²) in [6.45, 7) is 7.47. The molecule has 0 fully saturated rings. The highest BCUT2D eigenvalue weighted by Crippen LogP contribution is 2.16. The van der Waals surface area contributed by atoms with Gasteiger partial charge in [-0.05, 0) is 32.1 Å². The van der Waals surface area contributed by atoms with Crippen LogP contribution in [0.4, 0.5) is 0 Å². The molecule has 0 spiro atoms. The van der Waals surface area contributed by atoms with Crippen molar-refractivity contribution in [2.75, 3.05) is 12.4 Å². The lowest BCUT2D eigenvalue weighted by atomic mass is 9.94. The smallest absolute Gasteiger partial charge is 0.152 e. The van der Waals surface area contributed by atoms with Gasteiger partial charge in [-0.2, -0.15) is 0 Å². The first kappa shape index (κ1) is 13.9. The molecule has 0 aromatic heterocycles. The average Bonchev–Trinajstić information content (AvgIpc) is 2.04. The molecular formula is C10H22O3S. The minimum absolute atomic E-state index is 0.0747. The van der Waals surface area contributed by atoms with E-state index in [9.17, 15) is 8.42 Å². The molecule has 0 aromatic rings. The summed E-state index contributed by atoms with van der Waals surface area (Å²) in [6, 6.07) is 0. The summed E-state index contributed by atoms with van der Waals surface area (Å²) in [5.41, 5.74) is 0. The van der Waals surface area contributed by atoms with E-state index < -0.39 is 9.84 Å². The Hall–Kier alpha value is -0.0900. The van der Waals surface area contributed by atoms with E-state index in [1.807, 2.05) is 13.8 Å². The first-order valence-corrected chi connectivity index (χ1v) is 6.85. The molecule has 0 aliphatic heterocycles. The number of hydrogen-bond acceptors (Lipinski definition) is 3. The highest BCUT2D eigenvalue weighted by molar-refractivity contribution is 7.91. The summed E-state index contributed by atoms with van der Waals surface area (Å²) in [4.78, 5) is 0. The van der Waals surface area contributed by atoms with Crippen molar-refractivity contribution in [3.63, 3.8) is 0 Å². The van der Waals surface area contributed by atoms with E-state index in [1.165, 1.54) is 0 Å². The van der Waals surface area contributed by atoms with E-state index in [4.69, 9.17) is 5.11 Å². The fourth-order valence-electron chi connectivity index (χ4n) is 1.19. The molecule has 0 aliphatic rings. The first-order valence-electron chi connectivity index (χ1n) is 5.13. The zero-order chi connectivity index (χ0) is 11.4. The predicted octanol–water partition coefficient (Wildman–Crippen LogP) is 1.46. The zero-order valence-electron chi connectivity index (χ0n) is 9.53. The molecule has 3 nitrogen and oxygen atoms in total. The van der Waals surface area contributed by atoms with E-state index >= 15 is 0 Å². The minimum atomic E-state index is -2.95. The van der Waals surface area contributed by atoms with Crippen molar-refractivity contribution in [3.8, 4) is 0 Å². The van der Waals surface area contributed by atoms with Crippen molar-refractivity contribution >= 4 is 9.84 Å². The highest BCUT2D eigenvalue weighted by atomic mass is 32.2. The lowest BCUT2D eigenvalue weighted by Gasteiger charge is -2.18. The molecule has 0 rings (SSSR count). The van der Waals surface area contributed by atoms with Crippen LogP contribution in [-0.2, 0) is 9.84 Å². The molecule has 0 heterocycles. The van der Waals surface area contributed by atoms with E-state index in [0.717, 1.165) is 0 Å². The van der Waals surface area contributed by atoms with Crippen molar-refractivity contribution in [1.82, 2.24) is 0 Å². The van der Waals surface area contributed by atoms with Gasteiger partial charge in [0, 0.05) is 6.61 Å². The van der Waals surface area contributed by atoms with Gasteiger partial charge in [-0.1, -0.05) is 13.8 Å². The molecule has 86 valence electrons. The number of sulfone groups is 1. The lowest BCUT2D eigenvalue weighted by Crippen LogP contribution is -2.23. The summed E-state index contributed by atoms with van der Waals surface area (Å²) < 4.78 is 23.0. The van der Waals surface area contributed by atoms with Gasteiger partial charge in [0.2, 0.25) is 0 Å². The van der Waals surface area contributed by atoms with Crippen molar-refractivity contribution in [3.05, 3.63) is 0 Å². The summed E-state index contributed by atoms with van der Waals surface area (Å²) in [5, 5.41) is 8.73. The van der Waals surface area contributed by atoms with Crippen molar-refractivity contribution in [2.24, 2.45) is 11.8 Å². The number of aliphatic hydroxyl groups is 1. The number of hydrogen-bond donors (Lipinski definition) is 1. The minimum Gasteiger partial charge on any atom is -0.396 e. The van der Waals surface area contributed by atoms with E-state index in [-0.39, 0.29) is 23.5 Å².